The lowest BCUT2D eigenvalue weighted by Crippen LogP contribution is -2.11. The van der Waals surface area contributed by atoms with Crippen molar-refractivity contribution in [3.8, 4) is 0 Å². The molecule has 0 bridgehead atoms. The van der Waals surface area contributed by atoms with Crippen LogP contribution in [0.15, 0.2) is 21.6 Å². The summed E-state index contributed by atoms with van der Waals surface area (Å²) in [5, 5.41) is 0.119. The van der Waals surface area contributed by atoms with E-state index in [4.69, 9.17) is 4.74 Å². The van der Waals surface area contributed by atoms with Crippen molar-refractivity contribution in [1.82, 2.24) is 0 Å². The monoisotopic (exact) mass is 314 g/mol. The molecule has 0 aliphatic heterocycles. The van der Waals surface area contributed by atoms with Gasteiger partial charge in [0.15, 0.2) is 5.12 Å². The number of ether oxygens (including phenoxy) is 1. The molecular weight excluding hydrogens is 292 g/mol. The van der Waals surface area contributed by atoms with Crippen LogP contribution in [-0.2, 0) is 14.3 Å². The number of thioether (sulfide) groups is 2. The number of hydrogen-bond acceptors (Lipinski definition) is 5. The minimum Gasteiger partial charge on any atom is -0.462 e. The van der Waals surface area contributed by atoms with Crippen LogP contribution in [0.5, 0.6) is 0 Å². The molecule has 0 saturated heterocycles. The lowest BCUT2D eigenvalue weighted by molar-refractivity contribution is -0.138. The zero-order valence-corrected chi connectivity index (χ0v) is 14.2. The Morgan fingerprint density at radius 3 is 2.45 bits per heavy atom. The second kappa shape index (κ2) is 8.57. The van der Waals surface area contributed by atoms with E-state index in [-0.39, 0.29) is 11.1 Å². The van der Waals surface area contributed by atoms with E-state index < -0.39 is 0 Å². The Labute approximate surface area is 129 Å². The van der Waals surface area contributed by atoms with Crippen LogP contribution in [0.2, 0.25) is 0 Å². The number of carbonyl (C=O) groups is 2. The van der Waals surface area contributed by atoms with Gasteiger partial charge in [-0.3, -0.25) is 4.79 Å². The second-order valence-corrected chi connectivity index (χ2v) is 7.05. The first-order valence-electron chi connectivity index (χ1n) is 6.92. The molecular formula is C15H22O3S2. The molecule has 20 heavy (non-hydrogen) atoms. The van der Waals surface area contributed by atoms with Crippen LogP contribution < -0.4 is 0 Å². The molecule has 0 amide bonds. The number of esters is 1. The minimum atomic E-state index is -0.291. The van der Waals surface area contributed by atoms with Gasteiger partial charge in [0.25, 0.3) is 0 Å². The molecule has 0 saturated carbocycles. The number of carbonyl (C=O) groups excluding carboxylic acids is 2. The topological polar surface area (TPSA) is 43.4 Å². The lowest BCUT2D eigenvalue weighted by Gasteiger charge is -2.10. The maximum absolute atomic E-state index is 12.1. The van der Waals surface area contributed by atoms with Gasteiger partial charge in [-0.1, -0.05) is 31.2 Å². The summed E-state index contributed by atoms with van der Waals surface area (Å²) in [6.07, 6.45) is 1.10. The third-order valence-corrected chi connectivity index (χ3v) is 4.70. The van der Waals surface area contributed by atoms with Crippen LogP contribution >= 0.6 is 23.5 Å². The average molecular weight is 314 g/mol. The Kier molecular flexibility index (Phi) is 7.45. The van der Waals surface area contributed by atoms with Gasteiger partial charge in [0.1, 0.15) is 0 Å². The van der Waals surface area contributed by atoms with Crippen LogP contribution in [0.25, 0.3) is 0 Å². The fourth-order valence-electron chi connectivity index (χ4n) is 2.19. The van der Waals surface area contributed by atoms with Crippen molar-refractivity contribution in [2.45, 2.75) is 40.5 Å². The Balaban J connectivity index is 3.01. The molecule has 0 atom stereocenters. The van der Waals surface area contributed by atoms with Gasteiger partial charge in [0, 0.05) is 12.8 Å². The molecule has 0 unspecified atom stereocenters. The normalized spacial score (nSPS) is 15.0. The summed E-state index contributed by atoms with van der Waals surface area (Å²) in [5.74, 6) is 1.41. The van der Waals surface area contributed by atoms with Crippen LogP contribution in [0, 0.1) is 0 Å². The third kappa shape index (κ3) is 4.42. The van der Waals surface area contributed by atoms with Crippen molar-refractivity contribution in [1.29, 1.82) is 0 Å². The van der Waals surface area contributed by atoms with E-state index in [1.165, 1.54) is 11.8 Å². The highest BCUT2D eigenvalue weighted by molar-refractivity contribution is 8.13. The minimum absolute atomic E-state index is 0.119. The zero-order valence-electron chi connectivity index (χ0n) is 12.6. The lowest BCUT2D eigenvalue weighted by atomic mass is 10.0. The first-order chi connectivity index (χ1) is 9.54. The van der Waals surface area contributed by atoms with Crippen LogP contribution in [0.1, 0.15) is 40.5 Å². The highest BCUT2D eigenvalue weighted by atomic mass is 32.2. The van der Waals surface area contributed by atoms with Crippen LogP contribution in [-0.4, -0.2) is 29.2 Å². The van der Waals surface area contributed by atoms with Gasteiger partial charge in [-0.2, -0.15) is 0 Å². The Morgan fingerprint density at radius 1 is 1.20 bits per heavy atom. The van der Waals surface area contributed by atoms with Gasteiger partial charge < -0.3 is 4.74 Å². The van der Waals surface area contributed by atoms with Gasteiger partial charge in [-0.15, -0.1) is 11.8 Å². The summed E-state index contributed by atoms with van der Waals surface area (Å²) in [7, 11) is 0. The first-order valence-corrected chi connectivity index (χ1v) is 8.89. The molecule has 112 valence electrons. The largest absolute Gasteiger partial charge is 0.462 e. The Morgan fingerprint density at radius 2 is 1.90 bits per heavy atom. The summed E-state index contributed by atoms with van der Waals surface area (Å²) in [6.45, 7) is 8.14. The molecule has 0 spiro atoms. The number of rotatable bonds is 7. The van der Waals surface area contributed by atoms with Crippen molar-refractivity contribution >= 4 is 34.6 Å². The molecule has 0 aromatic carbocycles. The quantitative estimate of drug-likeness (QED) is 0.666. The number of hydrogen-bond donors (Lipinski definition) is 0. The summed E-state index contributed by atoms with van der Waals surface area (Å²) in [4.78, 5) is 25.2. The Hall–Kier alpha value is -0.680. The van der Waals surface area contributed by atoms with Gasteiger partial charge in [-0.05, 0) is 35.8 Å². The summed E-state index contributed by atoms with van der Waals surface area (Å²) >= 11 is 3.03. The molecule has 0 aromatic heterocycles. The molecule has 3 nitrogen and oxygen atoms in total. The van der Waals surface area contributed by atoms with Gasteiger partial charge in [0.05, 0.1) is 12.2 Å². The van der Waals surface area contributed by atoms with Crippen molar-refractivity contribution in [2.75, 3.05) is 18.1 Å². The maximum Gasteiger partial charge on any atom is 0.338 e. The fraction of sp³-hybridized carbons (Fsp3) is 0.600. The van der Waals surface area contributed by atoms with Crippen LogP contribution in [0.3, 0.4) is 0 Å². The fourth-order valence-corrected chi connectivity index (χ4v) is 3.77. The maximum atomic E-state index is 12.1. The smallest absolute Gasteiger partial charge is 0.338 e. The molecule has 1 rings (SSSR count). The molecule has 1 aliphatic carbocycles. The first kappa shape index (κ1) is 17.4. The second-order valence-electron chi connectivity index (χ2n) is 4.37. The highest BCUT2D eigenvalue weighted by Crippen LogP contribution is 2.41. The molecule has 0 aromatic rings. The highest BCUT2D eigenvalue weighted by Gasteiger charge is 2.29. The molecule has 0 fully saturated rings. The van der Waals surface area contributed by atoms with Crippen molar-refractivity contribution < 1.29 is 14.3 Å². The average Bonchev–Trinajstić information content (AvgIpc) is 2.66. The SMILES string of the molecule is CCOC(=O)C1=C(C)CC(SCC)=C1CC(=O)SCC. The van der Waals surface area contributed by atoms with Crippen LogP contribution in [0.4, 0.5) is 0 Å². The summed E-state index contributed by atoms with van der Waals surface area (Å²) < 4.78 is 5.14. The molecule has 0 N–H and O–H groups in total. The van der Waals surface area contributed by atoms with Gasteiger partial charge >= 0.3 is 5.97 Å². The number of allylic oxidation sites excluding steroid dienone is 2. The molecule has 0 radical (unpaired) electrons. The van der Waals surface area contributed by atoms with Crippen molar-refractivity contribution in [2.24, 2.45) is 0 Å². The summed E-state index contributed by atoms with van der Waals surface area (Å²) in [6, 6.07) is 0. The van der Waals surface area contributed by atoms with E-state index in [9.17, 15) is 9.59 Å². The zero-order chi connectivity index (χ0) is 15.1. The molecule has 1 aliphatic rings. The van der Waals surface area contributed by atoms with E-state index >= 15 is 0 Å². The van der Waals surface area contributed by atoms with E-state index in [1.54, 1.807) is 18.7 Å². The van der Waals surface area contributed by atoms with Crippen molar-refractivity contribution in [3.63, 3.8) is 0 Å². The predicted molar refractivity (Wildman–Crippen MR) is 86.9 cm³/mol. The third-order valence-electron chi connectivity index (χ3n) is 2.92. The summed E-state index contributed by atoms with van der Waals surface area (Å²) in [5.41, 5.74) is 2.54. The van der Waals surface area contributed by atoms with E-state index in [2.05, 4.69) is 6.92 Å². The standard InChI is InChI=1S/C15H22O3S2/c1-5-18-15(17)14-10(4)8-12(19-6-2)11(14)9-13(16)20-7-3/h5-9H2,1-4H3. The molecule has 0 heterocycles. The van der Waals surface area contributed by atoms with E-state index in [0.717, 1.165) is 34.0 Å². The molecule has 5 heteroatoms. The Bertz CT molecular complexity index is 450. The van der Waals surface area contributed by atoms with E-state index in [0.29, 0.717) is 18.6 Å². The van der Waals surface area contributed by atoms with Gasteiger partial charge in [-0.25, -0.2) is 4.79 Å². The van der Waals surface area contributed by atoms with E-state index in [1.807, 2.05) is 13.8 Å². The predicted octanol–water partition coefficient (Wildman–Crippen LogP) is 3.95. The van der Waals surface area contributed by atoms with Gasteiger partial charge in [0.2, 0.25) is 0 Å². The van der Waals surface area contributed by atoms with Crippen molar-refractivity contribution in [3.05, 3.63) is 21.6 Å².